The second-order valence-electron chi connectivity index (χ2n) is 6.28. The van der Waals surface area contributed by atoms with Gasteiger partial charge in [-0.2, -0.15) is 0 Å². The molecule has 2 N–H and O–H groups in total. The predicted octanol–water partition coefficient (Wildman–Crippen LogP) is 0.477. The Hall–Kier alpha value is -1.91. The number of aryl methyl sites for hydroxylation is 1. The molecule has 2 aromatic heterocycles. The van der Waals surface area contributed by atoms with Gasteiger partial charge in [-0.1, -0.05) is 0 Å². The molecule has 3 rings (SSSR count). The number of halogens is 2. The molecule has 0 aliphatic carbocycles. The van der Waals surface area contributed by atoms with Gasteiger partial charge in [0.15, 0.2) is 35.0 Å². The van der Waals surface area contributed by atoms with Crippen LogP contribution in [0.25, 0.3) is 11.2 Å². The fourth-order valence-corrected chi connectivity index (χ4v) is 2.87. The summed E-state index contributed by atoms with van der Waals surface area (Å²) in [7, 11) is 3.54. The maximum atomic E-state index is 15.0. The summed E-state index contributed by atoms with van der Waals surface area (Å²) >= 11 is 0. The van der Waals surface area contributed by atoms with Crippen molar-refractivity contribution in [3.8, 4) is 0 Å². The Bertz CT molecular complexity index is 781. The van der Waals surface area contributed by atoms with Crippen molar-refractivity contribution in [1.82, 2.24) is 19.5 Å². The smallest absolute Gasteiger partial charge is 0.263 e. The molecular formula is C14H19F2N5O3. The van der Waals surface area contributed by atoms with E-state index in [1.54, 1.807) is 25.9 Å². The van der Waals surface area contributed by atoms with Gasteiger partial charge in [0, 0.05) is 14.1 Å². The minimum Gasteiger partial charge on any atom is -0.390 e. The Morgan fingerprint density at radius 3 is 2.58 bits per heavy atom. The number of fused-ring (bicyclic) bond motifs is 1. The quantitative estimate of drug-likeness (QED) is 0.836. The first-order valence-corrected chi connectivity index (χ1v) is 7.35. The Balaban J connectivity index is 2.17. The number of anilines is 1. The van der Waals surface area contributed by atoms with Gasteiger partial charge in [-0.15, -0.1) is 0 Å². The van der Waals surface area contributed by atoms with E-state index in [0.29, 0.717) is 17.2 Å². The lowest BCUT2D eigenvalue weighted by Gasteiger charge is -2.24. The lowest BCUT2D eigenvalue weighted by Crippen LogP contribution is -2.46. The van der Waals surface area contributed by atoms with Crippen LogP contribution in [-0.2, 0) is 4.74 Å². The first-order valence-electron chi connectivity index (χ1n) is 7.35. The summed E-state index contributed by atoms with van der Waals surface area (Å²) in [6, 6.07) is 0. The highest BCUT2D eigenvalue weighted by atomic mass is 19.2. The third-order valence-electron chi connectivity index (χ3n) is 4.14. The SMILES string of the molecule is Cc1nc(N(C)C)c2ncn([C@@H]3O[C@](F)(CO)[C@@H](O)[C@@]3(C)F)c2n1. The molecule has 0 unspecified atom stereocenters. The van der Waals surface area contributed by atoms with Crippen molar-refractivity contribution in [2.24, 2.45) is 0 Å². The lowest BCUT2D eigenvalue weighted by molar-refractivity contribution is -0.206. The predicted molar refractivity (Wildman–Crippen MR) is 81.0 cm³/mol. The highest BCUT2D eigenvalue weighted by Crippen LogP contribution is 2.48. The number of aromatic nitrogens is 4. The number of ether oxygens (including phenoxy) is 1. The molecule has 1 aliphatic rings. The van der Waals surface area contributed by atoms with Crippen LogP contribution in [0.4, 0.5) is 14.6 Å². The molecule has 10 heteroatoms. The molecule has 0 amide bonds. The molecule has 132 valence electrons. The largest absolute Gasteiger partial charge is 0.390 e. The van der Waals surface area contributed by atoms with Gasteiger partial charge in [0.1, 0.15) is 12.4 Å². The molecule has 0 saturated carbocycles. The summed E-state index contributed by atoms with van der Waals surface area (Å²) in [6.45, 7) is 1.50. The number of imidazole rings is 1. The van der Waals surface area contributed by atoms with Crippen LogP contribution < -0.4 is 4.90 Å². The third-order valence-corrected chi connectivity index (χ3v) is 4.14. The first kappa shape index (κ1) is 16.9. The molecule has 4 atom stereocenters. The van der Waals surface area contributed by atoms with Gasteiger partial charge in [-0.05, 0) is 13.8 Å². The van der Waals surface area contributed by atoms with E-state index in [1.807, 2.05) is 0 Å². The molecule has 24 heavy (non-hydrogen) atoms. The van der Waals surface area contributed by atoms with Gasteiger partial charge in [-0.25, -0.2) is 23.7 Å². The maximum absolute atomic E-state index is 15.0. The van der Waals surface area contributed by atoms with E-state index in [-0.39, 0.29) is 5.65 Å². The number of nitrogens with zero attached hydrogens (tertiary/aromatic N) is 5. The van der Waals surface area contributed by atoms with E-state index in [2.05, 4.69) is 15.0 Å². The van der Waals surface area contributed by atoms with E-state index < -0.39 is 30.5 Å². The number of aliphatic hydroxyl groups excluding tert-OH is 2. The number of aliphatic hydroxyl groups is 2. The molecule has 0 bridgehead atoms. The van der Waals surface area contributed by atoms with Crippen LogP contribution in [0.15, 0.2) is 6.33 Å². The summed E-state index contributed by atoms with van der Waals surface area (Å²) in [5.41, 5.74) is -1.86. The fraction of sp³-hybridized carbons (Fsp3) is 0.643. The van der Waals surface area contributed by atoms with E-state index in [1.165, 1.54) is 10.9 Å². The number of hydrogen-bond acceptors (Lipinski definition) is 7. The average molecular weight is 343 g/mol. The summed E-state index contributed by atoms with van der Waals surface area (Å²) in [6.07, 6.45) is -2.45. The van der Waals surface area contributed by atoms with Crippen molar-refractivity contribution in [1.29, 1.82) is 0 Å². The Morgan fingerprint density at radius 1 is 1.38 bits per heavy atom. The molecule has 0 aromatic carbocycles. The van der Waals surface area contributed by atoms with Crippen molar-refractivity contribution in [3.05, 3.63) is 12.2 Å². The van der Waals surface area contributed by atoms with Crippen LogP contribution >= 0.6 is 0 Å². The van der Waals surface area contributed by atoms with E-state index in [9.17, 15) is 13.9 Å². The minimum atomic E-state index is -2.91. The van der Waals surface area contributed by atoms with Crippen molar-refractivity contribution < 1.29 is 23.7 Å². The molecule has 1 saturated heterocycles. The molecule has 2 aromatic rings. The van der Waals surface area contributed by atoms with Gasteiger partial charge in [0.05, 0.1) is 6.33 Å². The average Bonchev–Trinajstić information content (AvgIpc) is 3.00. The van der Waals surface area contributed by atoms with Crippen LogP contribution in [-0.4, -0.2) is 68.1 Å². The van der Waals surface area contributed by atoms with Gasteiger partial charge < -0.3 is 19.8 Å². The van der Waals surface area contributed by atoms with Crippen LogP contribution in [0.5, 0.6) is 0 Å². The van der Waals surface area contributed by atoms with Crippen molar-refractivity contribution >= 4 is 17.0 Å². The van der Waals surface area contributed by atoms with Crippen molar-refractivity contribution in [2.45, 2.75) is 37.7 Å². The third kappa shape index (κ3) is 2.25. The molecule has 0 radical (unpaired) electrons. The lowest BCUT2D eigenvalue weighted by atomic mass is 9.97. The van der Waals surface area contributed by atoms with Crippen LogP contribution in [0, 0.1) is 6.92 Å². The summed E-state index contributed by atoms with van der Waals surface area (Å²) in [5.74, 6) is -1.97. The van der Waals surface area contributed by atoms with Gasteiger partial charge in [0.25, 0.3) is 5.85 Å². The zero-order chi connectivity index (χ0) is 17.9. The summed E-state index contributed by atoms with van der Waals surface area (Å²) in [4.78, 5) is 14.4. The Kier molecular flexibility index (Phi) is 3.74. The van der Waals surface area contributed by atoms with Gasteiger partial charge >= 0.3 is 0 Å². The highest BCUT2D eigenvalue weighted by molar-refractivity contribution is 5.83. The topological polar surface area (TPSA) is 96.5 Å². The molecule has 8 nitrogen and oxygen atoms in total. The minimum absolute atomic E-state index is 0.245. The zero-order valence-electron chi connectivity index (χ0n) is 13.7. The zero-order valence-corrected chi connectivity index (χ0v) is 13.7. The number of hydrogen-bond donors (Lipinski definition) is 2. The van der Waals surface area contributed by atoms with Crippen LogP contribution in [0.3, 0.4) is 0 Å². The van der Waals surface area contributed by atoms with Crippen LogP contribution in [0.2, 0.25) is 0 Å². The van der Waals surface area contributed by atoms with Gasteiger partial charge in [-0.3, -0.25) is 4.57 Å². The molecule has 1 aliphatic heterocycles. The molecule has 1 fully saturated rings. The van der Waals surface area contributed by atoms with Crippen molar-refractivity contribution in [3.63, 3.8) is 0 Å². The second-order valence-corrected chi connectivity index (χ2v) is 6.28. The normalized spacial score (nSPS) is 33.3. The number of alkyl halides is 2. The number of rotatable bonds is 3. The Morgan fingerprint density at radius 2 is 2.04 bits per heavy atom. The highest BCUT2D eigenvalue weighted by Gasteiger charge is 2.64. The Labute approximate surface area is 136 Å². The molecule has 3 heterocycles. The summed E-state index contributed by atoms with van der Waals surface area (Å²) < 4.78 is 35.6. The molecular weight excluding hydrogens is 324 g/mol. The molecule has 0 spiro atoms. The fourth-order valence-electron chi connectivity index (χ4n) is 2.87. The first-order chi connectivity index (χ1) is 11.1. The van der Waals surface area contributed by atoms with Gasteiger partial charge in [0.2, 0.25) is 0 Å². The monoisotopic (exact) mass is 343 g/mol. The van der Waals surface area contributed by atoms with Crippen LogP contribution in [0.1, 0.15) is 19.0 Å². The standard InChI is InChI=1S/C14H19F2N5O3/c1-7-18-9(20(3)4)8-10(19-7)21(6-17-8)12-13(2,15)11(23)14(16,5-22)24-12/h6,11-12,22-23H,5H2,1-4H3/t11-,12+,13+,14+/m0/s1. The second kappa shape index (κ2) is 5.30. The van der Waals surface area contributed by atoms with E-state index >= 15 is 0 Å². The van der Waals surface area contributed by atoms with E-state index in [4.69, 9.17) is 9.84 Å². The maximum Gasteiger partial charge on any atom is 0.263 e. The van der Waals surface area contributed by atoms with E-state index in [0.717, 1.165) is 6.92 Å². The van der Waals surface area contributed by atoms with Crippen molar-refractivity contribution in [2.75, 3.05) is 25.6 Å². The summed E-state index contributed by atoms with van der Waals surface area (Å²) in [5, 5.41) is 19.0.